The molecule has 7 heteroatoms. The van der Waals surface area contributed by atoms with Crippen LogP contribution in [0, 0.1) is 0 Å². The Morgan fingerprint density at radius 2 is 1.88 bits per heavy atom. The van der Waals surface area contributed by atoms with E-state index in [0.717, 1.165) is 26.3 Å². The number of Topliss-reactive ketones (excluding diaryl/α,β-unsaturated/α-hetero) is 1. The molecule has 4 aromatic heterocycles. The SMILES string of the molecule is O=C(CSc1nc(-c2cccs2)c(-c2cccs2)[nH]1)c1ccc[nH]1. The lowest BCUT2D eigenvalue weighted by Gasteiger charge is -1.96. The number of ketones is 1. The molecule has 0 atom stereocenters. The van der Waals surface area contributed by atoms with E-state index in [2.05, 4.69) is 27.5 Å². The maximum absolute atomic E-state index is 12.1. The van der Waals surface area contributed by atoms with Gasteiger partial charge in [0.25, 0.3) is 0 Å². The van der Waals surface area contributed by atoms with Gasteiger partial charge in [0.15, 0.2) is 10.9 Å². The Morgan fingerprint density at radius 3 is 2.54 bits per heavy atom. The Morgan fingerprint density at radius 1 is 1.08 bits per heavy atom. The lowest BCUT2D eigenvalue weighted by atomic mass is 10.2. The number of hydrogen-bond acceptors (Lipinski definition) is 5. The molecule has 0 fully saturated rings. The van der Waals surface area contributed by atoms with Gasteiger partial charge in [-0.3, -0.25) is 4.79 Å². The molecule has 4 aromatic rings. The van der Waals surface area contributed by atoms with Crippen LogP contribution in [0.25, 0.3) is 21.1 Å². The number of thioether (sulfide) groups is 1. The third kappa shape index (κ3) is 3.10. The van der Waals surface area contributed by atoms with E-state index in [1.54, 1.807) is 34.9 Å². The van der Waals surface area contributed by atoms with Gasteiger partial charge in [-0.25, -0.2) is 4.98 Å². The number of aromatic nitrogens is 3. The highest BCUT2D eigenvalue weighted by Gasteiger charge is 2.17. The third-order valence-electron chi connectivity index (χ3n) is 3.44. The summed E-state index contributed by atoms with van der Waals surface area (Å²) in [6, 6.07) is 11.8. The average Bonchev–Trinajstić information content (AvgIpc) is 3.40. The topological polar surface area (TPSA) is 61.5 Å². The van der Waals surface area contributed by atoms with E-state index in [9.17, 15) is 4.79 Å². The molecule has 0 spiro atoms. The first-order valence-corrected chi connectivity index (χ1v) is 10.0. The molecular formula is C17H13N3OS3. The maximum atomic E-state index is 12.1. The molecule has 0 aliphatic heterocycles. The van der Waals surface area contributed by atoms with Gasteiger partial charge in [0.1, 0.15) is 5.69 Å². The molecule has 4 heterocycles. The largest absolute Gasteiger partial charge is 0.359 e. The highest BCUT2D eigenvalue weighted by Crippen LogP contribution is 2.36. The number of carbonyl (C=O) groups is 1. The average molecular weight is 372 g/mol. The zero-order chi connectivity index (χ0) is 16.4. The van der Waals surface area contributed by atoms with E-state index in [1.165, 1.54) is 11.8 Å². The standard InChI is InChI=1S/C17H13N3OS3/c21-12(11-4-1-7-18-11)10-24-17-19-15(13-5-2-8-22-13)16(20-17)14-6-3-9-23-14/h1-9,18H,10H2,(H,19,20). The summed E-state index contributed by atoms with van der Waals surface area (Å²) in [5.41, 5.74) is 2.59. The summed E-state index contributed by atoms with van der Waals surface area (Å²) in [5.74, 6) is 0.415. The van der Waals surface area contributed by atoms with Crippen molar-refractivity contribution in [2.24, 2.45) is 0 Å². The molecule has 0 bridgehead atoms. The fourth-order valence-corrected chi connectivity index (χ4v) is 4.53. The second-order valence-electron chi connectivity index (χ2n) is 5.02. The van der Waals surface area contributed by atoms with E-state index in [0.29, 0.717) is 11.4 Å². The molecule has 0 unspecified atom stereocenters. The first-order valence-electron chi connectivity index (χ1n) is 7.28. The van der Waals surface area contributed by atoms with Crippen molar-refractivity contribution in [3.63, 3.8) is 0 Å². The van der Waals surface area contributed by atoms with Crippen LogP contribution in [-0.4, -0.2) is 26.5 Å². The van der Waals surface area contributed by atoms with Crippen molar-refractivity contribution in [2.75, 3.05) is 5.75 Å². The first kappa shape index (κ1) is 15.4. The minimum Gasteiger partial charge on any atom is -0.359 e. The van der Waals surface area contributed by atoms with Gasteiger partial charge < -0.3 is 9.97 Å². The van der Waals surface area contributed by atoms with Gasteiger partial charge >= 0.3 is 0 Å². The summed E-state index contributed by atoms with van der Waals surface area (Å²) in [5, 5.41) is 4.86. The Kier molecular flexibility index (Phi) is 4.38. The summed E-state index contributed by atoms with van der Waals surface area (Å²) in [4.78, 5) is 25.5. The Hall–Kier alpha value is -2.09. The molecule has 0 aliphatic rings. The molecule has 0 amide bonds. The van der Waals surface area contributed by atoms with Crippen molar-refractivity contribution in [2.45, 2.75) is 5.16 Å². The summed E-state index contributed by atoms with van der Waals surface area (Å²) < 4.78 is 0. The van der Waals surface area contributed by atoms with E-state index in [1.807, 2.05) is 23.6 Å². The molecule has 4 rings (SSSR count). The van der Waals surface area contributed by atoms with Crippen molar-refractivity contribution in [3.05, 3.63) is 59.0 Å². The van der Waals surface area contributed by atoms with E-state index in [4.69, 9.17) is 4.98 Å². The minimum absolute atomic E-state index is 0.0664. The molecule has 120 valence electrons. The molecule has 0 aromatic carbocycles. The predicted molar refractivity (Wildman–Crippen MR) is 101 cm³/mol. The fraction of sp³-hybridized carbons (Fsp3) is 0.0588. The lowest BCUT2D eigenvalue weighted by molar-refractivity contribution is 0.101. The van der Waals surface area contributed by atoms with Crippen molar-refractivity contribution in [1.29, 1.82) is 0 Å². The van der Waals surface area contributed by atoms with Crippen LogP contribution in [0.15, 0.2) is 58.5 Å². The quantitative estimate of drug-likeness (QED) is 0.363. The fourth-order valence-electron chi connectivity index (χ4n) is 2.33. The first-order chi connectivity index (χ1) is 11.8. The number of thiophene rings is 2. The van der Waals surface area contributed by atoms with Gasteiger partial charge in [-0.2, -0.15) is 0 Å². The second-order valence-corrected chi connectivity index (χ2v) is 7.88. The Balaban J connectivity index is 1.60. The van der Waals surface area contributed by atoms with E-state index >= 15 is 0 Å². The molecule has 0 saturated carbocycles. The zero-order valence-electron chi connectivity index (χ0n) is 12.5. The third-order valence-corrected chi connectivity index (χ3v) is 6.08. The van der Waals surface area contributed by atoms with Gasteiger partial charge in [0.2, 0.25) is 0 Å². The number of aromatic amines is 2. The smallest absolute Gasteiger partial charge is 0.189 e. The van der Waals surface area contributed by atoms with Crippen LogP contribution in [0.2, 0.25) is 0 Å². The maximum Gasteiger partial charge on any atom is 0.189 e. The lowest BCUT2D eigenvalue weighted by Crippen LogP contribution is -2.02. The summed E-state index contributed by atoms with van der Waals surface area (Å²) in [6.07, 6.45) is 1.76. The van der Waals surface area contributed by atoms with Crippen molar-refractivity contribution in [1.82, 2.24) is 15.0 Å². The van der Waals surface area contributed by atoms with Crippen LogP contribution >= 0.6 is 34.4 Å². The normalized spacial score (nSPS) is 11.0. The minimum atomic E-state index is 0.0664. The zero-order valence-corrected chi connectivity index (χ0v) is 14.9. The number of H-pyrrole nitrogens is 2. The van der Waals surface area contributed by atoms with Crippen LogP contribution in [0.1, 0.15) is 10.5 Å². The van der Waals surface area contributed by atoms with E-state index in [-0.39, 0.29) is 5.78 Å². The van der Waals surface area contributed by atoms with E-state index < -0.39 is 0 Å². The van der Waals surface area contributed by atoms with Gasteiger partial charge in [-0.1, -0.05) is 23.9 Å². The molecule has 2 N–H and O–H groups in total. The van der Waals surface area contributed by atoms with Crippen molar-refractivity contribution >= 4 is 40.2 Å². The summed E-state index contributed by atoms with van der Waals surface area (Å²) in [6.45, 7) is 0. The number of carbonyl (C=O) groups excluding carboxylic acids is 1. The van der Waals surface area contributed by atoms with Crippen LogP contribution in [-0.2, 0) is 0 Å². The van der Waals surface area contributed by atoms with Crippen molar-refractivity contribution in [3.8, 4) is 21.1 Å². The van der Waals surface area contributed by atoms with Crippen LogP contribution in [0.3, 0.4) is 0 Å². The van der Waals surface area contributed by atoms with Gasteiger partial charge in [-0.15, -0.1) is 22.7 Å². The highest BCUT2D eigenvalue weighted by atomic mass is 32.2. The van der Waals surface area contributed by atoms with Gasteiger partial charge in [0, 0.05) is 6.20 Å². The molecule has 24 heavy (non-hydrogen) atoms. The van der Waals surface area contributed by atoms with Crippen LogP contribution in [0.4, 0.5) is 0 Å². The summed E-state index contributed by atoms with van der Waals surface area (Å²) in [7, 11) is 0. The number of nitrogens with one attached hydrogen (secondary N) is 2. The van der Waals surface area contributed by atoms with Gasteiger partial charge in [-0.05, 0) is 35.0 Å². The number of hydrogen-bond donors (Lipinski definition) is 2. The second kappa shape index (κ2) is 6.80. The number of imidazole rings is 1. The molecule has 0 aliphatic carbocycles. The summed E-state index contributed by atoms with van der Waals surface area (Å²) >= 11 is 4.77. The Bertz CT molecular complexity index is 870. The predicted octanol–water partition coefficient (Wildman–Crippen LogP) is 5.17. The van der Waals surface area contributed by atoms with Crippen LogP contribution in [0.5, 0.6) is 0 Å². The molecule has 4 nitrogen and oxygen atoms in total. The van der Waals surface area contributed by atoms with Crippen LogP contribution < -0.4 is 0 Å². The molecular weight excluding hydrogens is 358 g/mol. The van der Waals surface area contributed by atoms with Gasteiger partial charge in [0.05, 0.1) is 26.9 Å². The number of nitrogens with zero attached hydrogens (tertiary/aromatic N) is 1. The molecule has 0 radical (unpaired) electrons. The monoisotopic (exact) mass is 371 g/mol. The highest BCUT2D eigenvalue weighted by molar-refractivity contribution is 7.99. The number of rotatable bonds is 6. The Labute approximate surface area is 151 Å². The molecule has 0 saturated heterocycles. The van der Waals surface area contributed by atoms with Crippen molar-refractivity contribution < 1.29 is 4.79 Å².